The smallest absolute Gasteiger partial charge is 0.368 e. The predicted octanol–water partition coefficient (Wildman–Crippen LogP) is 3.18. The third kappa shape index (κ3) is 5.94. The minimum Gasteiger partial charge on any atom is -0.368 e. The molecule has 1 fully saturated rings. The number of hydrogen-bond donors (Lipinski definition) is 1. The maximum Gasteiger partial charge on any atom is 0.416 e. The predicted molar refractivity (Wildman–Crippen MR) is 97.5 cm³/mol. The lowest BCUT2D eigenvalue weighted by Gasteiger charge is -2.37. The van der Waals surface area contributed by atoms with Gasteiger partial charge in [0, 0.05) is 31.9 Å². The van der Waals surface area contributed by atoms with E-state index in [-0.39, 0.29) is 36.6 Å². The molecule has 9 heteroatoms. The van der Waals surface area contributed by atoms with Gasteiger partial charge in [0.1, 0.15) is 0 Å². The van der Waals surface area contributed by atoms with E-state index in [4.69, 9.17) is 5.73 Å². The molecule has 25 heavy (non-hydrogen) atoms. The monoisotopic (exact) mass is 401 g/mol. The molecule has 144 valence electrons. The molecule has 2 rings (SSSR count). The minimum absolute atomic E-state index is 0. The SMILES string of the molecule is CC(C)[C@@H](N)C(=O)N1CCN(c2cccc(C(F)(F)F)c2)CC1.Cl.Cl. The number of nitrogens with two attached hydrogens (primary N) is 1. The minimum atomic E-state index is -4.35. The molecule has 1 aliphatic heterocycles. The van der Waals surface area contributed by atoms with Crippen LogP contribution in [0.25, 0.3) is 0 Å². The highest BCUT2D eigenvalue weighted by Gasteiger charge is 2.31. The van der Waals surface area contributed by atoms with Crippen molar-refractivity contribution in [1.29, 1.82) is 0 Å². The van der Waals surface area contributed by atoms with Crippen LogP contribution in [0.4, 0.5) is 18.9 Å². The van der Waals surface area contributed by atoms with Crippen molar-refractivity contribution in [2.24, 2.45) is 11.7 Å². The van der Waals surface area contributed by atoms with Gasteiger partial charge in [-0.25, -0.2) is 0 Å². The van der Waals surface area contributed by atoms with Gasteiger partial charge >= 0.3 is 6.18 Å². The van der Waals surface area contributed by atoms with Crippen LogP contribution in [0.1, 0.15) is 19.4 Å². The fourth-order valence-electron chi connectivity index (χ4n) is 2.56. The van der Waals surface area contributed by atoms with Crippen molar-refractivity contribution >= 4 is 36.4 Å². The highest BCUT2D eigenvalue weighted by atomic mass is 35.5. The first-order valence-electron chi connectivity index (χ1n) is 7.66. The van der Waals surface area contributed by atoms with Crippen LogP contribution >= 0.6 is 24.8 Å². The van der Waals surface area contributed by atoms with Gasteiger partial charge in [-0.15, -0.1) is 24.8 Å². The van der Waals surface area contributed by atoms with E-state index in [9.17, 15) is 18.0 Å². The average molecular weight is 402 g/mol. The molecule has 0 unspecified atom stereocenters. The van der Waals surface area contributed by atoms with Gasteiger partial charge in [0.15, 0.2) is 0 Å². The molecule has 0 spiro atoms. The van der Waals surface area contributed by atoms with Crippen molar-refractivity contribution in [3.05, 3.63) is 29.8 Å². The number of amides is 1. The average Bonchev–Trinajstić information content (AvgIpc) is 2.53. The van der Waals surface area contributed by atoms with Gasteiger partial charge in [-0.1, -0.05) is 19.9 Å². The summed E-state index contributed by atoms with van der Waals surface area (Å²) in [5.41, 5.74) is 5.75. The van der Waals surface area contributed by atoms with Gasteiger partial charge in [0.05, 0.1) is 11.6 Å². The first-order valence-corrected chi connectivity index (χ1v) is 7.66. The topological polar surface area (TPSA) is 49.6 Å². The van der Waals surface area contributed by atoms with Crippen LogP contribution in [0.5, 0.6) is 0 Å². The van der Waals surface area contributed by atoms with E-state index in [1.54, 1.807) is 11.0 Å². The maximum atomic E-state index is 12.8. The summed E-state index contributed by atoms with van der Waals surface area (Å²) in [7, 11) is 0. The number of anilines is 1. The van der Waals surface area contributed by atoms with E-state index in [1.807, 2.05) is 18.7 Å². The Hall–Kier alpha value is -1.18. The summed E-state index contributed by atoms with van der Waals surface area (Å²) in [4.78, 5) is 15.8. The summed E-state index contributed by atoms with van der Waals surface area (Å²) in [6, 6.07) is 4.74. The highest BCUT2D eigenvalue weighted by Crippen LogP contribution is 2.31. The summed E-state index contributed by atoms with van der Waals surface area (Å²) >= 11 is 0. The number of carbonyl (C=O) groups is 1. The van der Waals surface area contributed by atoms with Crippen LogP contribution in [0.3, 0.4) is 0 Å². The first-order chi connectivity index (χ1) is 10.7. The molecule has 1 atom stereocenters. The molecule has 4 nitrogen and oxygen atoms in total. The van der Waals surface area contributed by atoms with Crippen molar-refractivity contribution in [3.63, 3.8) is 0 Å². The van der Waals surface area contributed by atoms with Crippen LogP contribution in [0, 0.1) is 5.92 Å². The van der Waals surface area contributed by atoms with Gasteiger partial charge in [0.25, 0.3) is 0 Å². The second-order valence-corrected chi connectivity index (χ2v) is 6.13. The van der Waals surface area contributed by atoms with Gasteiger partial charge < -0.3 is 15.5 Å². The van der Waals surface area contributed by atoms with Crippen LogP contribution in [0.2, 0.25) is 0 Å². The zero-order valence-electron chi connectivity index (χ0n) is 14.1. The number of alkyl halides is 3. The molecule has 0 aliphatic carbocycles. The van der Waals surface area contributed by atoms with Crippen molar-refractivity contribution in [2.75, 3.05) is 31.1 Å². The molecule has 0 radical (unpaired) electrons. The molecule has 1 saturated heterocycles. The summed E-state index contributed by atoms with van der Waals surface area (Å²) in [5.74, 6) is -0.0345. The van der Waals surface area contributed by atoms with Gasteiger partial charge in [0.2, 0.25) is 5.91 Å². The fourth-order valence-corrected chi connectivity index (χ4v) is 2.56. The van der Waals surface area contributed by atoms with Crippen LogP contribution < -0.4 is 10.6 Å². The highest BCUT2D eigenvalue weighted by molar-refractivity contribution is 5.85. The maximum absolute atomic E-state index is 12.8. The van der Waals surface area contributed by atoms with E-state index in [0.29, 0.717) is 31.9 Å². The Morgan fingerprint density at radius 2 is 1.68 bits per heavy atom. The zero-order valence-corrected chi connectivity index (χ0v) is 15.8. The third-order valence-corrected chi connectivity index (χ3v) is 4.13. The molecule has 0 saturated carbocycles. The lowest BCUT2D eigenvalue weighted by Crippen LogP contribution is -2.54. The van der Waals surface area contributed by atoms with Crippen LogP contribution in [-0.2, 0) is 11.0 Å². The molecule has 1 amide bonds. The lowest BCUT2D eigenvalue weighted by atomic mass is 10.0. The van der Waals surface area contributed by atoms with Crippen molar-refractivity contribution in [2.45, 2.75) is 26.1 Å². The number of hydrogen-bond acceptors (Lipinski definition) is 3. The second kappa shape index (κ2) is 9.50. The molecule has 0 bridgehead atoms. The number of rotatable bonds is 3. The van der Waals surface area contributed by atoms with Gasteiger partial charge in [-0.05, 0) is 24.1 Å². The summed E-state index contributed by atoms with van der Waals surface area (Å²) < 4.78 is 38.3. The van der Waals surface area contributed by atoms with E-state index in [1.165, 1.54) is 6.07 Å². The van der Waals surface area contributed by atoms with Crippen LogP contribution in [0.15, 0.2) is 24.3 Å². The Morgan fingerprint density at radius 1 is 1.12 bits per heavy atom. The van der Waals surface area contributed by atoms with Crippen LogP contribution in [-0.4, -0.2) is 43.0 Å². The molecule has 0 aromatic heterocycles. The van der Waals surface area contributed by atoms with Crippen molar-refractivity contribution < 1.29 is 18.0 Å². The molecule has 1 heterocycles. The van der Waals surface area contributed by atoms with Crippen molar-refractivity contribution in [1.82, 2.24) is 4.90 Å². The third-order valence-electron chi connectivity index (χ3n) is 4.13. The Bertz CT molecular complexity index is 562. The number of nitrogens with zero attached hydrogens (tertiary/aromatic N) is 2. The Labute approximate surface area is 158 Å². The lowest BCUT2D eigenvalue weighted by molar-refractivity contribution is -0.137. The fraction of sp³-hybridized carbons (Fsp3) is 0.562. The van der Waals surface area contributed by atoms with Gasteiger partial charge in [-0.2, -0.15) is 13.2 Å². The largest absolute Gasteiger partial charge is 0.416 e. The molecule has 1 aromatic rings. The second-order valence-electron chi connectivity index (χ2n) is 6.13. The Morgan fingerprint density at radius 3 is 2.16 bits per heavy atom. The zero-order chi connectivity index (χ0) is 17.2. The Kier molecular flexibility index (Phi) is 9.05. The summed E-state index contributed by atoms with van der Waals surface area (Å²) in [5, 5.41) is 0. The standard InChI is InChI=1S/C16H22F3N3O.2ClH/c1-11(2)14(20)15(23)22-8-6-21(7-9-22)13-5-3-4-12(10-13)16(17,18)19;;/h3-5,10-11,14H,6-9,20H2,1-2H3;2*1H/t14-;;/m1../s1. The first kappa shape index (κ1) is 23.8. The van der Waals surface area contributed by atoms with E-state index in [0.717, 1.165) is 12.1 Å². The number of carbonyl (C=O) groups excluding carboxylic acids is 1. The summed E-state index contributed by atoms with van der Waals surface area (Å²) in [6.07, 6.45) is -4.35. The number of benzene rings is 1. The molecule has 1 aromatic carbocycles. The molecule has 1 aliphatic rings. The van der Waals surface area contributed by atoms with E-state index < -0.39 is 17.8 Å². The number of halogens is 5. The normalized spacial score (nSPS) is 16.1. The molecule has 2 N–H and O–H groups in total. The quantitative estimate of drug-likeness (QED) is 0.845. The van der Waals surface area contributed by atoms with Gasteiger partial charge in [-0.3, -0.25) is 4.79 Å². The molecular formula is C16H24Cl2F3N3O. The number of piperazine rings is 1. The Balaban J connectivity index is 0.00000288. The molecular weight excluding hydrogens is 378 g/mol. The summed E-state index contributed by atoms with van der Waals surface area (Å²) in [6.45, 7) is 5.71. The van der Waals surface area contributed by atoms with Crippen molar-refractivity contribution in [3.8, 4) is 0 Å². The van der Waals surface area contributed by atoms with E-state index >= 15 is 0 Å². The van der Waals surface area contributed by atoms with E-state index in [2.05, 4.69) is 0 Å².